The van der Waals surface area contributed by atoms with Gasteiger partial charge in [0.2, 0.25) is 0 Å². The third-order valence-electron chi connectivity index (χ3n) is 2.62. The van der Waals surface area contributed by atoms with Crippen LogP contribution >= 0.6 is 11.6 Å². The smallest absolute Gasteiger partial charge is 0.189 e. The van der Waals surface area contributed by atoms with Crippen molar-refractivity contribution >= 4 is 22.4 Å². The highest BCUT2D eigenvalue weighted by Gasteiger charge is 2.07. The second-order valence-corrected chi connectivity index (χ2v) is 4.35. The van der Waals surface area contributed by atoms with Crippen LogP contribution in [0.1, 0.15) is 0 Å². The number of phenols is 1. The van der Waals surface area contributed by atoms with Gasteiger partial charge in [-0.2, -0.15) is 0 Å². The van der Waals surface area contributed by atoms with Crippen LogP contribution in [0.5, 0.6) is 11.5 Å². The standard InChI is InChI=1S/C14H15ClO4/c1-17-5-6-18-9-19-11-7-10-3-2-4-12(15)14(10)13(16)8-11/h2-4,7-8,16H,5-6,9H2,1H3. The Morgan fingerprint density at radius 3 is 2.84 bits per heavy atom. The lowest BCUT2D eigenvalue weighted by Gasteiger charge is -2.10. The lowest BCUT2D eigenvalue weighted by molar-refractivity contribution is -0.00846. The van der Waals surface area contributed by atoms with Crippen molar-refractivity contribution in [3.63, 3.8) is 0 Å². The van der Waals surface area contributed by atoms with Crippen molar-refractivity contribution < 1.29 is 19.3 Å². The number of aromatic hydroxyl groups is 1. The molecule has 0 amide bonds. The van der Waals surface area contributed by atoms with E-state index in [9.17, 15) is 5.11 Å². The van der Waals surface area contributed by atoms with Crippen LogP contribution in [0.2, 0.25) is 5.02 Å². The molecule has 0 aliphatic rings. The third kappa shape index (κ3) is 3.50. The summed E-state index contributed by atoms with van der Waals surface area (Å²) in [5.41, 5.74) is 0. The fourth-order valence-electron chi connectivity index (χ4n) is 1.73. The van der Waals surface area contributed by atoms with E-state index in [1.54, 1.807) is 19.2 Å². The van der Waals surface area contributed by atoms with Gasteiger partial charge in [0.15, 0.2) is 6.79 Å². The van der Waals surface area contributed by atoms with E-state index in [4.69, 9.17) is 25.8 Å². The maximum absolute atomic E-state index is 9.95. The summed E-state index contributed by atoms with van der Waals surface area (Å²) in [4.78, 5) is 0. The van der Waals surface area contributed by atoms with Crippen molar-refractivity contribution in [1.82, 2.24) is 0 Å². The van der Waals surface area contributed by atoms with E-state index in [0.29, 0.717) is 29.4 Å². The van der Waals surface area contributed by atoms with Crippen LogP contribution in [-0.4, -0.2) is 32.2 Å². The first-order chi connectivity index (χ1) is 9.22. The van der Waals surface area contributed by atoms with Gasteiger partial charge in [0, 0.05) is 18.6 Å². The summed E-state index contributed by atoms with van der Waals surface area (Å²) >= 11 is 6.04. The number of fused-ring (bicyclic) bond motifs is 1. The van der Waals surface area contributed by atoms with Gasteiger partial charge < -0.3 is 19.3 Å². The van der Waals surface area contributed by atoms with Gasteiger partial charge in [-0.3, -0.25) is 0 Å². The number of halogens is 1. The average molecular weight is 283 g/mol. The summed E-state index contributed by atoms with van der Waals surface area (Å²) < 4.78 is 15.4. The van der Waals surface area contributed by atoms with Crippen molar-refractivity contribution in [2.24, 2.45) is 0 Å². The summed E-state index contributed by atoms with van der Waals surface area (Å²) in [5, 5.41) is 11.9. The van der Waals surface area contributed by atoms with Crippen LogP contribution in [0.3, 0.4) is 0 Å². The number of phenolic OH excluding ortho intramolecular Hbond substituents is 1. The van der Waals surface area contributed by atoms with Gasteiger partial charge in [-0.25, -0.2) is 0 Å². The summed E-state index contributed by atoms with van der Waals surface area (Å²) in [6, 6.07) is 8.75. The van der Waals surface area contributed by atoms with Gasteiger partial charge >= 0.3 is 0 Å². The number of hydrogen-bond acceptors (Lipinski definition) is 4. The van der Waals surface area contributed by atoms with E-state index in [1.807, 2.05) is 12.1 Å². The van der Waals surface area contributed by atoms with Crippen molar-refractivity contribution in [1.29, 1.82) is 0 Å². The van der Waals surface area contributed by atoms with Crippen LogP contribution in [0.15, 0.2) is 30.3 Å². The zero-order valence-corrected chi connectivity index (χ0v) is 11.3. The van der Waals surface area contributed by atoms with Gasteiger partial charge in [-0.15, -0.1) is 0 Å². The molecule has 5 heteroatoms. The molecule has 0 unspecified atom stereocenters. The molecule has 0 fully saturated rings. The highest BCUT2D eigenvalue weighted by atomic mass is 35.5. The van der Waals surface area contributed by atoms with Gasteiger partial charge in [-0.05, 0) is 17.5 Å². The predicted octanol–water partition coefficient (Wildman–Crippen LogP) is 3.20. The van der Waals surface area contributed by atoms with Crippen LogP contribution in [0.25, 0.3) is 10.8 Å². The van der Waals surface area contributed by atoms with E-state index in [-0.39, 0.29) is 12.5 Å². The first kappa shape index (κ1) is 13.9. The summed E-state index contributed by atoms with van der Waals surface area (Å²) in [7, 11) is 1.61. The molecule has 0 heterocycles. The van der Waals surface area contributed by atoms with Crippen molar-refractivity contribution in [3.05, 3.63) is 35.4 Å². The molecule has 0 atom stereocenters. The van der Waals surface area contributed by atoms with E-state index in [1.165, 1.54) is 6.07 Å². The Labute approximate surface area is 116 Å². The highest BCUT2D eigenvalue weighted by molar-refractivity contribution is 6.36. The molecule has 2 aromatic carbocycles. The zero-order chi connectivity index (χ0) is 13.7. The molecule has 4 nitrogen and oxygen atoms in total. The molecular weight excluding hydrogens is 268 g/mol. The van der Waals surface area contributed by atoms with Crippen molar-refractivity contribution in [3.8, 4) is 11.5 Å². The molecule has 0 bridgehead atoms. The Hall–Kier alpha value is -1.49. The summed E-state index contributed by atoms with van der Waals surface area (Å²) in [6.45, 7) is 1.08. The fourth-order valence-corrected chi connectivity index (χ4v) is 2.01. The fraction of sp³-hybridized carbons (Fsp3) is 0.286. The molecule has 2 aromatic rings. The molecule has 0 aromatic heterocycles. The van der Waals surface area contributed by atoms with E-state index in [0.717, 1.165) is 5.39 Å². The van der Waals surface area contributed by atoms with Gasteiger partial charge in [0.1, 0.15) is 11.5 Å². The van der Waals surface area contributed by atoms with E-state index < -0.39 is 0 Å². The molecule has 0 spiro atoms. The maximum atomic E-state index is 9.95. The van der Waals surface area contributed by atoms with Crippen LogP contribution in [-0.2, 0) is 9.47 Å². The predicted molar refractivity (Wildman–Crippen MR) is 73.9 cm³/mol. The minimum absolute atomic E-state index is 0.0926. The number of rotatable bonds is 6. The van der Waals surface area contributed by atoms with Gasteiger partial charge in [0.05, 0.1) is 18.2 Å². The Morgan fingerprint density at radius 2 is 2.05 bits per heavy atom. The monoisotopic (exact) mass is 282 g/mol. The molecule has 0 aliphatic carbocycles. The zero-order valence-electron chi connectivity index (χ0n) is 10.6. The number of hydrogen-bond donors (Lipinski definition) is 1. The second kappa shape index (κ2) is 6.61. The lowest BCUT2D eigenvalue weighted by atomic mass is 10.1. The normalized spacial score (nSPS) is 10.8. The molecular formula is C14H15ClO4. The molecule has 0 saturated heterocycles. The number of methoxy groups -OCH3 is 1. The second-order valence-electron chi connectivity index (χ2n) is 3.94. The molecule has 0 aliphatic heterocycles. The van der Waals surface area contributed by atoms with Crippen molar-refractivity contribution in [2.45, 2.75) is 0 Å². The first-order valence-electron chi connectivity index (χ1n) is 5.83. The Bertz CT molecular complexity index is 556. The maximum Gasteiger partial charge on any atom is 0.189 e. The average Bonchev–Trinajstić information content (AvgIpc) is 2.38. The number of benzene rings is 2. The third-order valence-corrected chi connectivity index (χ3v) is 2.93. The topological polar surface area (TPSA) is 47.9 Å². The Kier molecular flexibility index (Phi) is 4.85. The van der Waals surface area contributed by atoms with E-state index >= 15 is 0 Å². The van der Waals surface area contributed by atoms with Gasteiger partial charge in [-0.1, -0.05) is 23.7 Å². The minimum atomic E-state index is 0.0926. The molecule has 102 valence electrons. The van der Waals surface area contributed by atoms with Gasteiger partial charge in [0.25, 0.3) is 0 Å². The highest BCUT2D eigenvalue weighted by Crippen LogP contribution is 2.35. The van der Waals surface area contributed by atoms with Crippen molar-refractivity contribution in [2.75, 3.05) is 27.1 Å². The van der Waals surface area contributed by atoms with Crippen LogP contribution < -0.4 is 4.74 Å². The molecule has 0 saturated carbocycles. The largest absolute Gasteiger partial charge is 0.507 e. The van der Waals surface area contributed by atoms with E-state index in [2.05, 4.69) is 0 Å². The summed E-state index contributed by atoms with van der Waals surface area (Å²) in [6.07, 6.45) is 0. The lowest BCUT2D eigenvalue weighted by Crippen LogP contribution is -2.07. The molecule has 0 radical (unpaired) electrons. The molecule has 1 N–H and O–H groups in total. The Morgan fingerprint density at radius 1 is 1.21 bits per heavy atom. The molecule has 19 heavy (non-hydrogen) atoms. The number of ether oxygens (including phenoxy) is 3. The minimum Gasteiger partial charge on any atom is -0.507 e. The first-order valence-corrected chi connectivity index (χ1v) is 6.21. The summed E-state index contributed by atoms with van der Waals surface area (Å²) in [5.74, 6) is 0.625. The van der Waals surface area contributed by atoms with Crippen LogP contribution in [0.4, 0.5) is 0 Å². The Balaban J connectivity index is 2.09. The molecule has 2 rings (SSSR count). The SMILES string of the molecule is COCCOCOc1cc(O)c2c(Cl)cccc2c1. The quantitative estimate of drug-likeness (QED) is 0.653. The van der Waals surface area contributed by atoms with Crippen LogP contribution in [0, 0.1) is 0 Å².